The Hall–Kier alpha value is -2.22. The molecule has 0 radical (unpaired) electrons. The zero-order chi connectivity index (χ0) is 15.6. The first-order chi connectivity index (χ1) is 10.6. The van der Waals surface area contributed by atoms with E-state index in [1.807, 2.05) is 16.8 Å². The molecule has 1 aliphatic rings. The van der Waals surface area contributed by atoms with Crippen LogP contribution in [0.4, 0.5) is 0 Å². The quantitative estimate of drug-likeness (QED) is 0.841. The van der Waals surface area contributed by atoms with E-state index in [1.54, 1.807) is 0 Å². The Balaban J connectivity index is 1.54. The van der Waals surface area contributed by atoms with E-state index in [1.165, 1.54) is 11.3 Å². The second-order valence-electron chi connectivity index (χ2n) is 5.31. The number of thiophene rings is 1. The fraction of sp³-hybridized carbons (Fsp3) is 0.429. The topological polar surface area (TPSA) is 105 Å². The van der Waals surface area contributed by atoms with E-state index in [4.69, 9.17) is 4.52 Å². The molecule has 0 saturated heterocycles. The second kappa shape index (κ2) is 5.88. The number of aromatic nitrogens is 2. The molecular formula is C14H15N3O4S. The van der Waals surface area contributed by atoms with Crippen LogP contribution in [0.15, 0.2) is 21.3 Å². The number of rotatable bonds is 6. The van der Waals surface area contributed by atoms with Gasteiger partial charge in [-0.15, -0.1) is 0 Å². The largest absolute Gasteiger partial charge is 0.480 e. The Kier molecular flexibility index (Phi) is 3.93. The van der Waals surface area contributed by atoms with Crippen molar-refractivity contribution in [2.75, 3.05) is 0 Å². The highest BCUT2D eigenvalue weighted by molar-refractivity contribution is 7.08. The first-order valence-electron chi connectivity index (χ1n) is 6.99. The van der Waals surface area contributed by atoms with Gasteiger partial charge in [0, 0.05) is 23.8 Å². The van der Waals surface area contributed by atoms with Crippen LogP contribution in [0.5, 0.6) is 0 Å². The third-order valence-electron chi connectivity index (χ3n) is 3.81. The van der Waals surface area contributed by atoms with Gasteiger partial charge in [0.2, 0.25) is 17.6 Å². The molecule has 2 aromatic rings. The molecule has 0 unspecified atom stereocenters. The number of hydrogen-bond acceptors (Lipinski definition) is 6. The average Bonchev–Trinajstić information content (AvgIpc) is 3.10. The smallest absolute Gasteiger partial charge is 0.329 e. The van der Waals surface area contributed by atoms with E-state index >= 15 is 0 Å². The fourth-order valence-corrected chi connectivity index (χ4v) is 2.97. The third kappa shape index (κ3) is 2.87. The highest BCUT2D eigenvalue weighted by Crippen LogP contribution is 2.32. The number of carboxylic acids is 1. The highest BCUT2D eigenvalue weighted by Gasteiger charge is 2.45. The van der Waals surface area contributed by atoms with Gasteiger partial charge in [0.1, 0.15) is 5.54 Å². The summed E-state index contributed by atoms with van der Waals surface area (Å²) in [5.74, 6) is -0.408. The van der Waals surface area contributed by atoms with E-state index in [2.05, 4.69) is 15.5 Å². The molecule has 0 atom stereocenters. The van der Waals surface area contributed by atoms with Crippen molar-refractivity contribution in [3.8, 4) is 11.4 Å². The number of nitrogens with zero attached hydrogens (tertiary/aromatic N) is 2. The van der Waals surface area contributed by atoms with E-state index in [-0.39, 0.29) is 12.3 Å². The molecule has 116 valence electrons. The zero-order valence-corrected chi connectivity index (χ0v) is 12.6. The number of aryl methyl sites for hydroxylation is 1. The fourth-order valence-electron chi connectivity index (χ4n) is 2.34. The minimum Gasteiger partial charge on any atom is -0.480 e. The molecule has 7 nitrogen and oxygen atoms in total. The van der Waals surface area contributed by atoms with Crippen molar-refractivity contribution in [3.63, 3.8) is 0 Å². The summed E-state index contributed by atoms with van der Waals surface area (Å²) in [5.41, 5.74) is -0.197. The van der Waals surface area contributed by atoms with Gasteiger partial charge in [0.05, 0.1) is 0 Å². The third-order valence-corrected chi connectivity index (χ3v) is 4.49. The van der Waals surface area contributed by atoms with Crippen LogP contribution in [-0.4, -0.2) is 32.7 Å². The number of carbonyl (C=O) groups excluding carboxylic acids is 1. The van der Waals surface area contributed by atoms with Crippen molar-refractivity contribution in [3.05, 3.63) is 22.7 Å². The van der Waals surface area contributed by atoms with Gasteiger partial charge in [0.25, 0.3) is 0 Å². The molecule has 0 aliphatic heterocycles. The normalized spacial score (nSPS) is 16.0. The number of hydrogen-bond donors (Lipinski definition) is 2. The number of aliphatic carboxylic acids is 1. The van der Waals surface area contributed by atoms with Crippen LogP contribution in [0.25, 0.3) is 11.4 Å². The van der Waals surface area contributed by atoms with Gasteiger partial charge < -0.3 is 14.9 Å². The van der Waals surface area contributed by atoms with Crippen molar-refractivity contribution >= 4 is 23.2 Å². The number of amides is 1. The van der Waals surface area contributed by atoms with Crippen LogP contribution >= 0.6 is 11.3 Å². The molecule has 2 N–H and O–H groups in total. The van der Waals surface area contributed by atoms with Crippen LogP contribution in [0, 0.1) is 0 Å². The zero-order valence-electron chi connectivity index (χ0n) is 11.7. The Morgan fingerprint density at radius 1 is 1.45 bits per heavy atom. The molecule has 2 aromatic heterocycles. The SMILES string of the molecule is O=C(CCc1nc(-c2ccsc2)no1)NC1(C(=O)O)CCC1. The molecule has 0 spiro atoms. The molecule has 22 heavy (non-hydrogen) atoms. The van der Waals surface area contributed by atoms with Crippen molar-refractivity contribution in [2.24, 2.45) is 0 Å². The first-order valence-corrected chi connectivity index (χ1v) is 7.93. The summed E-state index contributed by atoms with van der Waals surface area (Å²) >= 11 is 1.54. The van der Waals surface area contributed by atoms with Crippen LogP contribution in [0.3, 0.4) is 0 Å². The van der Waals surface area contributed by atoms with Gasteiger partial charge in [-0.1, -0.05) is 5.16 Å². The van der Waals surface area contributed by atoms with Gasteiger partial charge in [-0.25, -0.2) is 4.79 Å². The lowest BCUT2D eigenvalue weighted by Crippen LogP contribution is -2.59. The minimum atomic E-state index is -1.08. The summed E-state index contributed by atoms with van der Waals surface area (Å²) in [7, 11) is 0. The standard InChI is InChI=1S/C14H15N3O4S/c18-10(16-14(13(19)20)5-1-6-14)2-3-11-15-12(17-21-11)9-4-7-22-8-9/h4,7-8H,1-3,5-6H2,(H,16,18)(H,19,20). The minimum absolute atomic E-state index is 0.125. The number of carbonyl (C=O) groups is 2. The maximum absolute atomic E-state index is 11.9. The molecule has 0 bridgehead atoms. The molecular weight excluding hydrogens is 306 g/mol. The van der Waals surface area contributed by atoms with Crippen molar-refractivity contribution in [2.45, 2.75) is 37.6 Å². The predicted octanol–water partition coefficient (Wildman–Crippen LogP) is 1.85. The molecule has 1 fully saturated rings. The van der Waals surface area contributed by atoms with E-state index in [0.29, 0.717) is 31.0 Å². The van der Waals surface area contributed by atoms with Crippen molar-refractivity contribution in [1.82, 2.24) is 15.5 Å². The molecule has 2 heterocycles. The number of nitrogens with one attached hydrogen (secondary N) is 1. The molecule has 1 aliphatic carbocycles. The summed E-state index contributed by atoms with van der Waals surface area (Å²) in [6.45, 7) is 0. The summed E-state index contributed by atoms with van der Waals surface area (Å²) in [6.07, 6.45) is 2.20. The summed E-state index contributed by atoms with van der Waals surface area (Å²) in [5, 5.41) is 19.5. The number of carboxylic acid groups (broad SMARTS) is 1. The Labute approximate surface area is 130 Å². The van der Waals surface area contributed by atoms with Gasteiger partial charge in [0.15, 0.2) is 0 Å². The van der Waals surface area contributed by atoms with Gasteiger partial charge in [-0.2, -0.15) is 16.3 Å². The second-order valence-corrected chi connectivity index (χ2v) is 6.09. The van der Waals surface area contributed by atoms with Crippen LogP contribution in [0.2, 0.25) is 0 Å². The molecule has 3 rings (SSSR count). The maximum Gasteiger partial charge on any atom is 0.329 e. The van der Waals surface area contributed by atoms with Crippen molar-refractivity contribution in [1.29, 1.82) is 0 Å². The Morgan fingerprint density at radius 3 is 2.86 bits per heavy atom. The van der Waals surface area contributed by atoms with Crippen LogP contribution < -0.4 is 5.32 Å². The Bertz CT molecular complexity index is 676. The van der Waals surface area contributed by atoms with Gasteiger partial charge in [-0.3, -0.25) is 4.79 Å². The predicted molar refractivity (Wildman–Crippen MR) is 78.3 cm³/mol. The molecule has 1 saturated carbocycles. The van der Waals surface area contributed by atoms with Gasteiger partial charge in [-0.05, 0) is 30.7 Å². The van der Waals surface area contributed by atoms with Gasteiger partial charge >= 0.3 is 5.97 Å². The van der Waals surface area contributed by atoms with Crippen molar-refractivity contribution < 1.29 is 19.2 Å². The summed E-state index contributed by atoms with van der Waals surface area (Å²) in [6, 6.07) is 1.89. The van der Waals surface area contributed by atoms with E-state index in [9.17, 15) is 14.7 Å². The molecule has 8 heteroatoms. The lowest BCUT2D eigenvalue weighted by molar-refractivity contribution is -0.151. The summed E-state index contributed by atoms with van der Waals surface area (Å²) < 4.78 is 5.10. The first kappa shape index (κ1) is 14.7. The monoisotopic (exact) mass is 321 g/mol. The Morgan fingerprint density at radius 2 is 2.27 bits per heavy atom. The van der Waals surface area contributed by atoms with Crippen LogP contribution in [-0.2, 0) is 16.0 Å². The summed E-state index contributed by atoms with van der Waals surface area (Å²) in [4.78, 5) is 27.3. The van der Waals surface area contributed by atoms with E-state index in [0.717, 1.165) is 12.0 Å². The highest BCUT2D eigenvalue weighted by atomic mass is 32.1. The average molecular weight is 321 g/mol. The molecule has 0 aromatic carbocycles. The van der Waals surface area contributed by atoms with Crippen LogP contribution in [0.1, 0.15) is 31.6 Å². The lowest BCUT2D eigenvalue weighted by Gasteiger charge is -2.38. The maximum atomic E-state index is 11.9. The lowest BCUT2D eigenvalue weighted by atomic mass is 9.76. The van der Waals surface area contributed by atoms with E-state index < -0.39 is 11.5 Å². The molecule has 1 amide bonds.